The van der Waals surface area contributed by atoms with Gasteiger partial charge in [-0.3, -0.25) is 0 Å². The van der Waals surface area contributed by atoms with Crippen molar-refractivity contribution in [2.45, 2.75) is 30.6 Å². The zero-order valence-electron chi connectivity index (χ0n) is 9.47. The summed E-state index contributed by atoms with van der Waals surface area (Å²) in [5.74, 6) is 2.08. The lowest BCUT2D eigenvalue weighted by Gasteiger charge is -2.32. The highest BCUT2D eigenvalue weighted by molar-refractivity contribution is 7.99. The highest BCUT2D eigenvalue weighted by Crippen LogP contribution is 2.39. The lowest BCUT2D eigenvalue weighted by atomic mass is 9.91. The van der Waals surface area contributed by atoms with Crippen molar-refractivity contribution in [3.63, 3.8) is 0 Å². The Morgan fingerprint density at radius 2 is 2.06 bits per heavy atom. The molecule has 1 unspecified atom stereocenters. The summed E-state index contributed by atoms with van der Waals surface area (Å²) in [5.41, 5.74) is 1.48. The van der Waals surface area contributed by atoms with Crippen LogP contribution in [0.2, 0.25) is 0 Å². The van der Waals surface area contributed by atoms with E-state index in [4.69, 9.17) is 4.74 Å². The van der Waals surface area contributed by atoms with E-state index >= 15 is 0 Å². The Morgan fingerprint density at radius 3 is 2.94 bits per heavy atom. The van der Waals surface area contributed by atoms with Crippen molar-refractivity contribution in [1.82, 2.24) is 0 Å². The first-order valence-corrected chi connectivity index (χ1v) is 7.25. The number of hydrogen-bond acceptors (Lipinski definition) is 2. The molecule has 0 radical (unpaired) electrons. The average Bonchev–Trinajstić information content (AvgIpc) is 2.80. The number of rotatable bonds is 2. The van der Waals surface area contributed by atoms with Crippen molar-refractivity contribution in [3.05, 3.63) is 35.9 Å². The summed E-state index contributed by atoms with van der Waals surface area (Å²) in [6.45, 7) is 0.987. The molecule has 2 aliphatic rings. The maximum absolute atomic E-state index is 5.81. The van der Waals surface area contributed by atoms with Gasteiger partial charge in [0, 0.05) is 11.9 Å². The van der Waals surface area contributed by atoms with Crippen LogP contribution in [-0.4, -0.2) is 23.7 Å². The minimum absolute atomic E-state index is 0.565. The molecule has 2 heterocycles. The number of thioether (sulfide) groups is 1. The van der Waals surface area contributed by atoms with Crippen molar-refractivity contribution >= 4 is 11.8 Å². The van der Waals surface area contributed by atoms with Crippen LogP contribution in [0.3, 0.4) is 0 Å². The molecule has 0 aromatic heterocycles. The molecule has 0 saturated carbocycles. The Bertz CT molecular complexity index is 338. The molecule has 0 bridgehead atoms. The molecule has 1 aromatic rings. The first-order valence-electron chi connectivity index (χ1n) is 6.20. The summed E-state index contributed by atoms with van der Waals surface area (Å²) in [7, 11) is 0. The van der Waals surface area contributed by atoms with Crippen molar-refractivity contribution in [2.75, 3.05) is 12.4 Å². The Kier molecular flexibility index (Phi) is 3.20. The number of ether oxygens (including phenoxy) is 1. The summed E-state index contributed by atoms with van der Waals surface area (Å²) in [5, 5.41) is 0.781. The third kappa shape index (κ3) is 2.14. The highest BCUT2D eigenvalue weighted by Gasteiger charge is 2.37. The molecule has 2 aliphatic heterocycles. The van der Waals surface area contributed by atoms with E-state index in [0.717, 1.165) is 17.8 Å². The van der Waals surface area contributed by atoms with Crippen LogP contribution in [0.15, 0.2) is 30.3 Å². The van der Waals surface area contributed by atoms with Gasteiger partial charge in [-0.25, -0.2) is 0 Å². The fraction of sp³-hybridized carbons (Fsp3) is 0.571. The number of benzene rings is 1. The molecule has 3 rings (SSSR count). The van der Waals surface area contributed by atoms with E-state index in [1.165, 1.54) is 30.6 Å². The van der Waals surface area contributed by atoms with Crippen molar-refractivity contribution in [2.24, 2.45) is 5.92 Å². The zero-order valence-corrected chi connectivity index (χ0v) is 10.3. The molecule has 1 nitrogen and oxygen atoms in total. The average molecular weight is 234 g/mol. The number of fused-ring (bicyclic) bond motifs is 1. The zero-order chi connectivity index (χ0) is 10.8. The Morgan fingerprint density at radius 1 is 1.19 bits per heavy atom. The molecule has 16 heavy (non-hydrogen) atoms. The van der Waals surface area contributed by atoms with Gasteiger partial charge in [-0.2, -0.15) is 11.8 Å². The Hall–Kier alpha value is -0.470. The molecule has 1 aromatic carbocycles. The standard InChI is InChI=1S/C14H18OS/c1-2-4-11(5-3-1)10-14-12-6-8-15-13(12)7-9-16-14/h1-5,12-14H,6-10H2/t12-,13+,14?/m0/s1. The molecular weight excluding hydrogens is 216 g/mol. The first-order chi connectivity index (χ1) is 7.93. The van der Waals surface area contributed by atoms with Gasteiger partial charge in [0.25, 0.3) is 0 Å². The van der Waals surface area contributed by atoms with Crippen molar-refractivity contribution in [1.29, 1.82) is 0 Å². The molecule has 0 spiro atoms. The molecule has 86 valence electrons. The molecule has 0 amide bonds. The fourth-order valence-electron chi connectivity index (χ4n) is 2.90. The van der Waals surface area contributed by atoms with Gasteiger partial charge in [0.2, 0.25) is 0 Å². The van der Waals surface area contributed by atoms with Crippen LogP contribution < -0.4 is 0 Å². The fourth-order valence-corrected chi connectivity index (χ4v) is 4.44. The molecule has 3 atom stereocenters. The second-order valence-electron chi connectivity index (χ2n) is 4.75. The molecule has 0 aliphatic carbocycles. The van der Waals surface area contributed by atoms with E-state index in [-0.39, 0.29) is 0 Å². The predicted molar refractivity (Wildman–Crippen MR) is 68.9 cm³/mol. The van der Waals surface area contributed by atoms with Gasteiger partial charge in [0.1, 0.15) is 0 Å². The van der Waals surface area contributed by atoms with Crippen molar-refractivity contribution < 1.29 is 4.74 Å². The van der Waals surface area contributed by atoms with E-state index < -0.39 is 0 Å². The van der Waals surface area contributed by atoms with Crippen molar-refractivity contribution in [3.8, 4) is 0 Å². The van der Waals surface area contributed by atoms with Crippen LogP contribution in [0.1, 0.15) is 18.4 Å². The first kappa shape index (κ1) is 10.7. The molecular formula is C14H18OS. The smallest absolute Gasteiger partial charge is 0.0622 e. The maximum atomic E-state index is 5.81. The van der Waals surface area contributed by atoms with E-state index in [9.17, 15) is 0 Å². The third-order valence-electron chi connectivity index (χ3n) is 3.75. The van der Waals surface area contributed by atoms with Gasteiger partial charge in [-0.1, -0.05) is 30.3 Å². The van der Waals surface area contributed by atoms with Gasteiger partial charge >= 0.3 is 0 Å². The van der Waals surface area contributed by atoms with E-state index in [1.54, 1.807) is 0 Å². The minimum atomic E-state index is 0.565. The Balaban J connectivity index is 1.70. The normalized spacial score (nSPS) is 33.6. The summed E-state index contributed by atoms with van der Waals surface area (Å²) in [6, 6.07) is 10.9. The summed E-state index contributed by atoms with van der Waals surface area (Å²) < 4.78 is 5.81. The van der Waals surface area contributed by atoms with E-state index in [2.05, 4.69) is 42.1 Å². The summed E-state index contributed by atoms with van der Waals surface area (Å²) >= 11 is 2.15. The maximum Gasteiger partial charge on any atom is 0.0622 e. The van der Waals surface area contributed by atoms with Gasteiger partial charge in [0.15, 0.2) is 0 Å². The topological polar surface area (TPSA) is 9.23 Å². The van der Waals surface area contributed by atoms with Gasteiger partial charge < -0.3 is 4.74 Å². The lowest BCUT2D eigenvalue weighted by Crippen LogP contribution is -2.32. The van der Waals surface area contributed by atoms with Gasteiger partial charge in [-0.15, -0.1) is 0 Å². The molecule has 2 heteroatoms. The second kappa shape index (κ2) is 4.80. The predicted octanol–water partition coefficient (Wildman–Crippen LogP) is 3.14. The largest absolute Gasteiger partial charge is 0.378 e. The highest BCUT2D eigenvalue weighted by atomic mass is 32.2. The monoisotopic (exact) mass is 234 g/mol. The number of hydrogen-bond donors (Lipinski definition) is 0. The molecule has 2 fully saturated rings. The van der Waals surface area contributed by atoms with Crippen LogP contribution in [0.25, 0.3) is 0 Å². The van der Waals surface area contributed by atoms with Gasteiger partial charge in [0.05, 0.1) is 6.10 Å². The Labute approximate surface area is 102 Å². The minimum Gasteiger partial charge on any atom is -0.378 e. The van der Waals surface area contributed by atoms with E-state index in [1.807, 2.05) is 0 Å². The quantitative estimate of drug-likeness (QED) is 0.777. The lowest BCUT2D eigenvalue weighted by molar-refractivity contribution is 0.0850. The van der Waals surface area contributed by atoms with Crippen LogP contribution in [0, 0.1) is 5.92 Å². The van der Waals surface area contributed by atoms with Crippen LogP contribution >= 0.6 is 11.8 Å². The SMILES string of the molecule is c1ccc(CC2SCC[C@H]3OCC[C@H]23)cc1. The van der Waals surface area contributed by atoms with Gasteiger partial charge in [-0.05, 0) is 36.5 Å². The van der Waals surface area contributed by atoms with Crippen LogP contribution in [0.5, 0.6) is 0 Å². The summed E-state index contributed by atoms with van der Waals surface area (Å²) in [4.78, 5) is 0. The second-order valence-corrected chi connectivity index (χ2v) is 6.10. The van der Waals surface area contributed by atoms with Crippen LogP contribution in [-0.2, 0) is 11.2 Å². The third-order valence-corrected chi connectivity index (χ3v) is 5.17. The summed E-state index contributed by atoms with van der Waals surface area (Å²) in [6.07, 6.45) is 4.32. The van der Waals surface area contributed by atoms with Crippen LogP contribution in [0.4, 0.5) is 0 Å². The van der Waals surface area contributed by atoms with E-state index in [0.29, 0.717) is 6.10 Å². The molecule has 0 N–H and O–H groups in total. The molecule has 2 saturated heterocycles.